The van der Waals surface area contributed by atoms with Gasteiger partial charge in [0.2, 0.25) is 0 Å². The highest BCUT2D eigenvalue weighted by molar-refractivity contribution is 5.04. The highest BCUT2D eigenvalue weighted by Gasteiger charge is 2.38. The third-order valence-electron chi connectivity index (χ3n) is 4.93. The van der Waals surface area contributed by atoms with Crippen LogP contribution in [0.3, 0.4) is 0 Å². The van der Waals surface area contributed by atoms with Crippen molar-refractivity contribution in [3.05, 3.63) is 18.0 Å². The fraction of sp³-hybridized carbons (Fsp3) is 0.812. The second-order valence-electron chi connectivity index (χ2n) is 7.46. The molecule has 0 radical (unpaired) electrons. The zero-order chi connectivity index (χ0) is 14.1. The van der Waals surface area contributed by atoms with Crippen molar-refractivity contribution >= 4 is 0 Å². The summed E-state index contributed by atoms with van der Waals surface area (Å²) in [7, 11) is 1.95. The van der Waals surface area contributed by atoms with Crippen LogP contribution in [-0.4, -0.2) is 21.5 Å². The lowest BCUT2D eigenvalue weighted by Crippen LogP contribution is -2.36. The molecule has 108 valence electrons. The molecular formula is C16H28N2O. The van der Waals surface area contributed by atoms with Crippen molar-refractivity contribution in [2.45, 2.75) is 52.9 Å². The van der Waals surface area contributed by atoms with Gasteiger partial charge in [-0.3, -0.25) is 4.68 Å². The molecule has 1 heterocycles. The topological polar surface area (TPSA) is 38.0 Å². The van der Waals surface area contributed by atoms with Crippen LogP contribution < -0.4 is 0 Å². The molecule has 1 N–H and O–H groups in total. The molecule has 3 heteroatoms. The van der Waals surface area contributed by atoms with E-state index in [0.717, 1.165) is 30.9 Å². The summed E-state index contributed by atoms with van der Waals surface area (Å²) >= 11 is 0. The second kappa shape index (κ2) is 5.28. The van der Waals surface area contributed by atoms with Crippen LogP contribution in [0.5, 0.6) is 0 Å². The molecule has 1 fully saturated rings. The summed E-state index contributed by atoms with van der Waals surface area (Å²) in [6.45, 7) is 7.30. The van der Waals surface area contributed by atoms with Gasteiger partial charge in [-0.15, -0.1) is 0 Å². The summed E-state index contributed by atoms with van der Waals surface area (Å²) in [5, 5.41) is 14.3. The predicted molar refractivity (Wildman–Crippen MR) is 77.8 cm³/mol. The first kappa shape index (κ1) is 14.6. The van der Waals surface area contributed by atoms with Gasteiger partial charge < -0.3 is 5.11 Å². The highest BCUT2D eigenvalue weighted by Crippen LogP contribution is 2.46. The summed E-state index contributed by atoms with van der Waals surface area (Å²) in [6.07, 6.45) is 7.63. The summed E-state index contributed by atoms with van der Waals surface area (Å²) in [5.41, 5.74) is 1.58. The molecule has 2 rings (SSSR count). The molecule has 0 saturated heterocycles. The van der Waals surface area contributed by atoms with Crippen molar-refractivity contribution in [2.75, 3.05) is 6.61 Å². The van der Waals surface area contributed by atoms with Crippen LogP contribution in [0.1, 0.15) is 52.1 Å². The maximum Gasteiger partial charge on any atom is 0.0630 e. The highest BCUT2D eigenvalue weighted by atomic mass is 16.3. The van der Waals surface area contributed by atoms with E-state index < -0.39 is 0 Å². The number of hydrogen-bond donors (Lipinski definition) is 1. The Morgan fingerprint density at radius 3 is 2.42 bits per heavy atom. The fourth-order valence-corrected chi connectivity index (χ4v) is 3.43. The van der Waals surface area contributed by atoms with E-state index in [2.05, 4.69) is 31.9 Å². The zero-order valence-electron chi connectivity index (χ0n) is 12.8. The average Bonchev–Trinajstić information content (AvgIpc) is 2.74. The van der Waals surface area contributed by atoms with Crippen LogP contribution in [-0.2, 0) is 13.5 Å². The molecule has 0 spiro atoms. The SMILES string of the molecule is Cn1ccc(CC2(CO)CCC(C(C)(C)C)CC2)n1. The molecular weight excluding hydrogens is 236 g/mol. The number of hydrogen-bond acceptors (Lipinski definition) is 2. The molecule has 3 nitrogen and oxygen atoms in total. The van der Waals surface area contributed by atoms with Gasteiger partial charge in [-0.05, 0) is 54.9 Å². The smallest absolute Gasteiger partial charge is 0.0630 e. The minimum Gasteiger partial charge on any atom is -0.396 e. The first-order valence-electron chi connectivity index (χ1n) is 7.44. The van der Waals surface area contributed by atoms with E-state index in [0.29, 0.717) is 12.0 Å². The van der Waals surface area contributed by atoms with E-state index in [1.54, 1.807) is 0 Å². The van der Waals surface area contributed by atoms with E-state index in [4.69, 9.17) is 0 Å². The Balaban J connectivity index is 2.02. The van der Waals surface area contributed by atoms with Gasteiger partial charge in [-0.1, -0.05) is 20.8 Å². The molecule has 1 aromatic rings. The Morgan fingerprint density at radius 2 is 2.00 bits per heavy atom. The third-order valence-corrected chi connectivity index (χ3v) is 4.93. The standard InChI is InChI=1S/C16H28N2O/c1-15(2,3)13-5-8-16(12-19,9-6-13)11-14-7-10-18(4)17-14/h7,10,13,19H,5-6,8-9,11-12H2,1-4H3. The largest absolute Gasteiger partial charge is 0.396 e. The maximum atomic E-state index is 9.86. The van der Waals surface area contributed by atoms with E-state index >= 15 is 0 Å². The van der Waals surface area contributed by atoms with Crippen molar-refractivity contribution in [2.24, 2.45) is 23.8 Å². The van der Waals surface area contributed by atoms with Crippen molar-refractivity contribution in [3.8, 4) is 0 Å². The third kappa shape index (κ3) is 3.38. The van der Waals surface area contributed by atoms with Crippen LogP contribution >= 0.6 is 0 Å². The summed E-state index contributed by atoms with van der Waals surface area (Å²) in [5.74, 6) is 0.788. The number of aromatic nitrogens is 2. The first-order chi connectivity index (χ1) is 8.85. The predicted octanol–water partition coefficient (Wildman–Crippen LogP) is 3.18. The van der Waals surface area contributed by atoms with Gasteiger partial charge in [-0.2, -0.15) is 5.10 Å². The van der Waals surface area contributed by atoms with Crippen molar-refractivity contribution in [3.63, 3.8) is 0 Å². The van der Waals surface area contributed by atoms with Gasteiger partial charge in [0.05, 0.1) is 5.69 Å². The first-order valence-corrected chi connectivity index (χ1v) is 7.44. The lowest BCUT2D eigenvalue weighted by atomic mass is 9.63. The monoisotopic (exact) mass is 264 g/mol. The number of aliphatic hydroxyl groups is 1. The Hall–Kier alpha value is -0.830. The number of nitrogens with zero attached hydrogens (tertiary/aromatic N) is 2. The Labute approximate surface area is 117 Å². The minimum absolute atomic E-state index is 0.0656. The van der Waals surface area contributed by atoms with Crippen LogP contribution in [0.15, 0.2) is 12.3 Å². The second-order valence-corrected chi connectivity index (χ2v) is 7.46. The Bertz CT molecular complexity index is 409. The molecule has 1 aliphatic carbocycles. The van der Waals surface area contributed by atoms with Crippen LogP contribution in [0.25, 0.3) is 0 Å². The van der Waals surface area contributed by atoms with Gasteiger partial charge >= 0.3 is 0 Å². The molecule has 0 aromatic carbocycles. The van der Waals surface area contributed by atoms with E-state index in [-0.39, 0.29) is 5.41 Å². The van der Waals surface area contributed by atoms with Crippen LogP contribution in [0.4, 0.5) is 0 Å². The molecule has 19 heavy (non-hydrogen) atoms. The Kier molecular flexibility index (Phi) is 4.05. The Morgan fingerprint density at radius 1 is 1.37 bits per heavy atom. The number of aliphatic hydroxyl groups excluding tert-OH is 1. The van der Waals surface area contributed by atoms with Gasteiger partial charge in [-0.25, -0.2) is 0 Å². The van der Waals surface area contributed by atoms with Gasteiger partial charge in [0.15, 0.2) is 0 Å². The molecule has 1 aromatic heterocycles. The van der Waals surface area contributed by atoms with E-state index in [1.165, 1.54) is 12.8 Å². The molecule has 0 atom stereocenters. The molecule has 0 unspecified atom stereocenters. The van der Waals surface area contributed by atoms with E-state index in [9.17, 15) is 5.11 Å². The quantitative estimate of drug-likeness (QED) is 0.910. The minimum atomic E-state index is 0.0656. The fourth-order valence-electron chi connectivity index (χ4n) is 3.43. The molecule has 0 bridgehead atoms. The van der Waals surface area contributed by atoms with Crippen molar-refractivity contribution in [1.82, 2.24) is 9.78 Å². The summed E-state index contributed by atoms with van der Waals surface area (Å²) in [6, 6.07) is 2.08. The van der Waals surface area contributed by atoms with Crippen molar-refractivity contribution < 1.29 is 5.11 Å². The molecule has 0 aliphatic heterocycles. The summed E-state index contributed by atoms with van der Waals surface area (Å²) in [4.78, 5) is 0. The van der Waals surface area contributed by atoms with E-state index in [1.807, 2.05) is 17.9 Å². The average molecular weight is 264 g/mol. The molecule has 1 aliphatic rings. The molecule has 0 amide bonds. The molecule has 1 saturated carbocycles. The van der Waals surface area contributed by atoms with Gasteiger partial charge in [0.25, 0.3) is 0 Å². The van der Waals surface area contributed by atoms with Crippen LogP contribution in [0.2, 0.25) is 0 Å². The lowest BCUT2D eigenvalue weighted by molar-refractivity contribution is 0.0362. The van der Waals surface area contributed by atoms with Crippen LogP contribution in [0, 0.1) is 16.7 Å². The zero-order valence-corrected chi connectivity index (χ0v) is 12.8. The summed E-state index contributed by atoms with van der Waals surface area (Å²) < 4.78 is 1.85. The maximum absolute atomic E-state index is 9.86. The normalized spacial score (nSPS) is 28.6. The van der Waals surface area contributed by atoms with Gasteiger partial charge in [0, 0.05) is 19.9 Å². The number of rotatable bonds is 3. The number of aryl methyl sites for hydroxylation is 1. The van der Waals surface area contributed by atoms with Crippen molar-refractivity contribution in [1.29, 1.82) is 0 Å². The van der Waals surface area contributed by atoms with Gasteiger partial charge in [0.1, 0.15) is 0 Å². The lowest BCUT2D eigenvalue weighted by Gasteiger charge is -2.43.